The molecule has 2 aromatic rings. The molecule has 1 aromatic carbocycles. The first-order valence-electron chi connectivity index (χ1n) is 4.93. The predicted molar refractivity (Wildman–Crippen MR) is 69.4 cm³/mol. The van der Waals surface area contributed by atoms with Gasteiger partial charge in [0.05, 0.1) is 6.54 Å². The topological polar surface area (TPSA) is 54.0 Å². The molecule has 0 unspecified atom stereocenters. The zero-order chi connectivity index (χ0) is 12.1. The van der Waals surface area contributed by atoms with E-state index in [1.165, 1.54) is 11.3 Å². The second-order valence-electron chi connectivity index (χ2n) is 3.24. The predicted octanol–water partition coefficient (Wildman–Crippen LogP) is 3.12. The Morgan fingerprint density at radius 2 is 2.35 bits per heavy atom. The second kappa shape index (κ2) is 5.65. The van der Waals surface area contributed by atoms with Crippen LogP contribution >= 0.6 is 22.9 Å². The Labute approximate surface area is 108 Å². The summed E-state index contributed by atoms with van der Waals surface area (Å²) >= 11 is 7.31. The zero-order valence-corrected chi connectivity index (χ0v) is 10.4. The quantitative estimate of drug-likeness (QED) is 0.898. The fraction of sp³-hybridized carbons (Fsp3) is 0.0909. The summed E-state index contributed by atoms with van der Waals surface area (Å²) in [5.74, 6) is 0. The van der Waals surface area contributed by atoms with Crippen molar-refractivity contribution in [3.05, 3.63) is 45.9 Å². The number of nitrogens with one attached hydrogen (secondary N) is 2. The van der Waals surface area contributed by atoms with Crippen LogP contribution in [0.15, 0.2) is 35.8 Å². The molecule has 1 aromatic heterocycles. The van der Waals surface area contributed by atoms with Crippen LogP contribution in [0.25, 0.3) is 0 Å². The van der Waals surface area contributed by atoms with Crippen molar-refractivity contribution >= 4 is 34.7 Å². The van der Waals surface area contributed by atoms with Crippen LogP contribution in [0.2, 0.25) is 5.02 Å². The van der Waals surface area contributed by atoms with Gasteiger partial charge in [-0.15, -0.1) is 11.3 Å². The molecule has 0 saturated heterocycles. The van der Waals surface area contributed by atoms with Gasteiger partial charge >= 0.3 is 6.03 Å². The van der Waals surface area contributed by atoms with E-state index in [1.807, 2.05) is 5.38 Å². The lowest BCUT2D eigenvalue weighted by Gasteiger charge is -2.06. The molecule has 0 fully saturated rings. The fourth-order valence-electron chi connectivity index (χ4n) is 1.24. The summed E-state index contributed by atoms with van der Waals surface area (Å²) in [6, 6.07) is 6.71. The van der Waals surface area contributed by atoms with Crippen molar-refractivity contribution in [2.24, 2.45) is 0 Å². The highest BCUT2D eigenvalue weighted by Crippen LogP contribution is 2.14. The van der Waals surface area contributed by atoms with Gasteiger partial charge in [0.15, 0.2) is 0 Å². The van der Waals surface area contributed by atoms with Crippen LogP contribution in [0.3, 0.4) is 0 Å². The van der Waals surface area contributed by atoms with Crippen LogP contribution in [0.4, 0.5) is 10.5 Å². The van der Waals surface area contributed by atoms with Crippen LogP contribution in [0, 0.1) is 0 Å². The third-order valence-corrected chi connectivity index (χ3v) is 2.98. The number of urea groups is 1. The lowest BCUT2D eigenvalue weighted by molar-refractivity contribution is 0.251. The molecule has 0 atom stereocenters. The molecule has 88 valence electrons. The van der Waals surface area contributed by atoms with Gasteiger partial charge in [0, 0.05) is 22.3 Å². The molecule has 17 heavy (non-hydrogen) atoms. The van der Waals surface area contributed by atoms with Crippen LogP contribution in [-0.2, 0) is 6.54 Å². The van der Waals surface area contributed by atoms with Crippen molar-refractivity contribution in [3.63, 3.8) is 0 Å². The Kier molecular flexibility index (Phi) is 3.95. The first kappa shape index (κ1) is 11.9. The molecule has 0 saturated carbocycles. The minimum Gasteiger partial charge on any atom is -0.331 e. The van der Waals surface area contributed by atoms with Gasteiger partial charge in [0.2, 0.25) is 0 Å². The van der Waals surface area contributed by atoms with E-state index in [0.717, 1.165) is 5.01 Å². The number of halogens is 1. The summed E-state index contributed by atoms with van der Waals surface area (Å²) in [4.78, 5) is 15.6. The Hall–Kier alpha value is -1.59. The number of carbonyl (C=O) groups excluding carboxylic acids is 1. The molecule has 0 aliphatic rings. The van der Waals surface area contributed by atoms with E-state index < -0.39 is 0 Å². The van der Waals surface area contributed by atoms with E-state index >= 15 is 0 Å². The number of amides is 2. The van der Waals surface area contributed by atoms with Gasteiger partial charge in [0.25, 0.3) is 0 Å². The highest BCUT2D eigenvalue weighted by molar-refractivity contribution is 7.09. The van der Waals surface area contributed by atoms with E-state index in [-0.39, 0.29) is 6.03 Å². The summed E-state index contributed by atoms with van der Waals surface area (Å²) in [5, 5.41) is 8.72. The summed E-state index contributed by atoms with van der Waals surface area (Å²) < 4.78 is 0. The number of anilines is 1. The summed E-state index contributed by atoms with van der Waals surface area (Å²) in [6.07, 6.45) is 1.70. The zero-order valence-electron chi connectivity index (χ0n) is 8.81. The van der Waals surface area contributed by atoms with Gasteiger partial charge in [-0.05, 0) is 18.2 Å². The first-order valence-corrected chi connectivity index (χ1v) is 6.18. The molecule has 2 N–H and O–H groups in total. The maximum absolute atomic E-state index is 11.5. The third-order valence-electron chi connectivity index (χ3n) is 1.97. The summed E-state index contributed by atoms with van der Waals surface area (Å²) in [7, 11) is 0. The Morgan fingerprint density at radius 1 is 1.47 bits per heavy atom. The van der Waals surface area contributed by atoms with Crippen molar-refractivity contribution in [2.45, 2.75) is 6.54 Å². The van der Waals surface area contributed by atoms with Crippen LogP contribution < -0.4 is 10.6 Å². The number of benzene rings is 1. The number of thiazole rings is 1. The fourth-order valence-corrected chi connectivity index (χ4v) is 1.98. The summed E-state index contributed by atoms with van der Waals surface area (Å²) in [6.45, 7) is 0.421. The first-order chi connectivity index (χ1) is 8.24. The van der Waals surface area contributed by atoms with E-state index in [9.17, 15) is 4.79 Å². The van der Waals surface area contributed by atoms with Crippen molar-refractivity contribution in [3.8, 4) is 0 Å². The Balaban J connectivity index is 1.85. The van der Waals surface area contributed by atoms with Crippen LogP contribution in [-0.4, -0.2) is 11.0 Å². The van der Waals surface area contributed by atoms with Gasteiger partial charge < -0.3 is 10.6 Å². The smallest absolute Gasteiger partial charge is 0.319 e. The highest BCUT2D eigenvalue weighted by Gasteiger charge is 2.02. The van der Waals surface area contributed by atoms with Gasteiger partial charge in [-0.25, -0.2) is 9.78 Å². The average Bonchev–Trinajstić information content (AvgIpc) is 2.79. The number of rotatable bonds is 3. The third kappa shape index (κ3) is 3.72. The van der Waals surface area contributed by atoms with Gasteiger partial charge in [-0.2, -0.15) is 0 Å². The number of hydrogen-bond donors (Lipinski definition) is 2. The highest BCUT2D eigenvalue weighted by atomic mass is 35.5. The molecule has 2 rings (SSSR count). The van der Waals surface area contributed by atoms with Crippen molar-refractivity contribution in [1.29, 1.82) is 0 Å². The monoisotopic (exact) mass is 267 g/mol. The van der Waals surface area contributed by atoms with Crippen molar-refractivity contribution < 1.29 is 4.79 Å². The van der Waals surface area contributed by atoms with Gasteiger partial charge in [-0.3, -0.25) is 0 Å². The number of nitrogens with zero attached hydrogens (tertiary/aromatic N) is 1. The minimum atomic E-state index is -0.275. The largest absolute Gasteiger partial charge is 0.331 e. The molecule has 6 heteroatoms. The molecule has 1 heterocycles. The molecule has 0 spiro atoms. The number of aromatic nitrogens is 1. The lowest BCUT2D eigenvalue weighted by Crippen LogP contribution is -2.28. The molecular weight excluding hydrogens is 258 g/mol. The van der Waals surface area contributed by atoms with Crippen molar-refractivity contribution in [2.75, 3.05) is 5.32 Å². The SMILES string of the molecule is O=C(NCc1nccs1)Nc1cccc(Cl)c1. The maximum atomic E-state index is 11.5. The molecular formula is C11H10ClN3OS. The number of carbonyl (C=O) groups is 1. The molecule has 0 aliphatic heterocycles. The lowest BCUT2D eigenvalue weighted by atomic mass is 10.3. The Morgan fingerprint density at radius 3 is 3.06 bits per heavy atom. The minimum absolute atomic E-state index is 0.275. The van der Waals surface area contributed by atoms with E-state index in [1.54, 1.807) is 30.5 Å². The molecule has 4 nitrogen and oxygen atoms in total. The van der Waals surface area contributed by atoms with Crippen LogP contribution in [0.5, 0.6) is 0 Å². The standard InChI is InChI=1S/C11H10ClN3OS/c12-8-2-1-3-9(6-8)15-11(16)14-7-10-13-4-5-17-10/h1-6H,7H2,(H2,14,15,16). The molecule has 0 aliphatic carbocycles. The van der Waals surface area contributed by atoms with Gasteiger partial charge in [0.1, 0.15) is 5.01 Å². The van der Waals surface area contributed by atoms with E-state index in [0.29, 0.717) is 17.3 Å². The van der Waals surface area contributed by atoms with E-state index in [4.69, 9.17) is 11.6 Å². The Bertz CT molecular complexity index is 501. The van der Waals surface area contributed by atoms with Crippen LogP contribution in [0.1, 0.15) is 5.01 Å². The molecule has 0 bridgehead atoms. The van der Waals surface area contributed by atoms with Gasteiger partial charge in [-0.1, -0.05) is 17.7 Å². The van der Waals surface area contributed by atoms with Crippen molar-refractivity contribution in [1.82, 2.24) is 10.3 Å². The maximum Gasteiger partial charge on any atom is 0.319 e. The molecule has 0 radical (unpaired) electrons. The normalized spacial score (nSPS) is 9.94. The summed E-state index contributed by atoms with van der Waals surface area (Å²) in [5.41, 5.74) is 0.661. The average molecular weight is 268 g/mol. The van der Waals surface area contributed by atoms with E-state index in [2.05, 4.69) is 15.6 Å². The number of hydrogen-bond acceptors (Lipinski definition) is 3. The second-order valence-corrected chi connectivity index (χ2v) is 4.66. The molecule has 2 amide bonds.